The van der Waals surface area contributed by atoms with E-state index >= 15 is 0 Å². The quantitative estimate of drug-likeness (QED) is 0.341. The Bertz CT molecular complexity index is 1290. The fourth-order valence-corrected chi connectivity index (χ4v) is 2.95. The topological polar surface area (TPSA) is 75.0 Å². The van der Waals surface area contributed by atoms with Gasteiger partial charge in [-0.2, -0.15) is 0 Å². The predicted octanol–water partition coefficient (Wildman–Crippen LogP) is 5.12. The Kier molecular flexibility index (Phi) is 5.22. The van der Waals surface area contributed by atoms with Gasteiger partial charge in [0.25, 0.3) is 0 Å². The van der Waals surface area contributed by atoms with E-state index in [4.69, 9.17) is 18.6 Å². The summed E-state index contributed by atoms with van der Waals surface area (Å²) in [4.78, 5) is 25.1. The van der Waals surface area contributed by atoms with Crippen LogP contribution in [0.2, 0.25) is 0 Å². The van der Waals surface area contributed by atoms with E-state index in [2.05, 4.69) is 0 Å². The second kappa shape index (κ2) is 8.13. The van der Waals surface area contributed by atoms with Gasteiger partial charge in [0, 0.05) is 12.1 Å². The first kappa shape index (κ1) is 19.3. The molecule has 0 aliphatic carbocycles. The van der Waals surface area contributed by atoms with Gasteiger partial charge in [-0.1, -0.05) is 23.8 Å². The van der Waals surface area contributed by atoms with E-state index in [0.29, 0.717) is 22.4 Å². The number of methoxy groups -OCH3 is 1. The summed E-state index contributed by atoms with van der Waals surface area (Å²) >= 11 is 0. The van der Waals surface area contributed by atoms with Gasteiger partial charge < -0.3 is 18.6 Å². The summed E-state index contributed by atoms with van der Waals surface area (Å²) in [7, 11) is 1.55. The maximum atomic E-state index is 12.8. The minimum atomic E-state index is -0.488. The second-order valence-electron chi connectivity index (χ2n) is 6.63. The standard InChI is InChI=1S/C24H18O6/c1-15-5-3-6-16(11-15)24(26)30-19-9-10-20-21(13-19)28-14-22(23(20)25)29-18-8-4-7-17(12-18)27-2/h3-14H,1-2H3. The summed E-state index contributed by atoms with van der Waals surface area (Å²) in [5.41, 5.74) is 1.35. The third-order valence-corrected chi connectivity index (χ3v) is 4.45. The molecular formula is C24H18O6. The van der Waals surface area contributed by atoms with Crippen LogP contribution in [0.5, 0.6) is 23.0 Å². The van der Waals surface area contributed by atoms with Gasteiger partial charge in [0.15, 0.2) is 0 Å². The van der Waals surface area contributed by atoms with E-state index in [0.717, 1.165) is 5.56 Å². The highest BCUT2D eigenvalue weighted by molar-refractivity contribution is 5.91. The van der Waals surface area contributed by atoms with Crippen LogP contribution in [0.15, 0.2) is 82.2 Å². The first-order valence-electron chi connectivity index (χ1n) is 9.20. The predicted molar refractivity (Wildman–Crippen MR) is 112 cm³/mol. The highest BCUT2D eigenvalue weighted by Gasteiger charge is 2.13. The Morgan fingerprint density at radius 2 is 1.70 bits per heavy atom. The second-order valence-corrected chi connectivity index (χ2v) is 6.63. The fraction of sp³-hybridized carbons (Fsp3) is 0.0833. The summed E-state index contributed by atoms with van der Waals surface area (Å²) in [5.74, 6) is 0.889. The molecule has 0 aliphatic rings. The van der Waals surface area contributed by atoms with Crippen molar-refractivity contribution in [2.45, 2.75) is 6.92 Å². The van der Waals surface area contributed by atoms with Gasteiger partial charge in [0.2, 0.25) is 11.2 Å². The monoisotopic (exact) mass is 402 g/mol. The molecule has 1 aromatic heterocycles. The van der Waals surface area contributed by atoms with Crippen molar-refractivity contribution in [1.29, 1.82) is 0 Å². The van der Waals surface area contributed by atoms with E-state index < -0.39 is 5.97 Å². The maximum absolute atomic E-state index is 12.8. The molecule has 0 N–H and O–H groups in total. The smallest absolute Gasteiger partial charge is 0.343 e. The van der Waals surface area contributed by atoms with E-state index in [1.54, 1.807) is 61.7 Å². The molecule has 0 unspecified atom stereocenters. The zero-order chi connectivity index (χ0) is 21.1. The number of rotatable bonds is 5. The van der Waals surface area contributed by atoms with Crippen molar-refractivity contribution < 1.29 is 23.4 Å². The Hall–Kier alpha value is -4.06. The van der Waals surface area contributed by atoms with Gasteiger partial charge in [-0.05, 0) is 43.3 Å². The zero-order valence-electron chi connectivity index (χ0n) is 16.4. The Balaban J connectivity index is 1.59. The van der Waals surface area contributed by atoms with E-state index in [1.165, 1.54) is 12.3 Å². The van der Waals surface area contributed by atoms with E-state index in [9.17, 15) is 9.59 Å². The molecule has 0 saturated carbocycles. The molecule has 0 spiro atoms. The normalized spacial score (nSPS) is 10.6. The van der Waals surface area contributed by atoms with Crippen LogP contribution < -0.4 is 19.6 Å². The van der Waals surface area contributed by atoms with Crippen molar-refractivity contribution in [2.24, 2.45) is 0 Å². The lowest BCUT2D eigenvalue weighted by atomic mass is 10.1. The van der Waals surface area contributed by atoms with Crippen LogP contribution in [0, 0.1) is 6.92 Å². The van der Waals surface area contributed by atoms with Crippen LogP contribution in [0.4, 0.5) is 0 Å². The zero-order valence-corrected chi connectivity index (χ0v) is 16.4. The molecule has 0 amide bonds. The molecule has 0 atom stereocenters. The molecule has 0 radical (unpaired) electrons. The van der Waals surface area contributed by atoms with Gasteiger partial charge >= 0.3 is 5.97 Å². The fourth-order valence-electron chi connectivity index (χ4n) is 2.95. The molecule has 3 aromatic carbocycles. The molecule has 150 valence electrons. The summed E-state index contributed by atoms with van der Waals surface area (Å²) in [6.07, 6.45) is 1.23. The number of carbonyl (C=O) groups is 1. The summed E-state index contributed by atoms with van der Waals surface area (Å²) in [6.45, 7) is 1.90. The first-order valence-corrected chi connectivity index (χ1v) is 9.20. The molecule has 0 bridgehead atoms. The van der Waals surface area contributed by atoms with Crippen molar-refractivity contribution in [2.75, 3.05) is 7.11 Å². The molecule has 0 fully saturated rings. The summed E-state index contributed by atoms with van der Waals surface area (Å²) in [5, 5.41) is 0.311. The lowest BCUT2D eigenvalue weighted by molar-refractivity contribution is 0.0735. The molecule has 30 heavy (non-hydrogen) atoms. The van der Waals surface area contributed by atoms with Crippen molar-refractivity contribution >= 4 is 16.9 Å². The van der Waals surface area contributed by atoms with Crippen LogP contribution in [0.1, 0.15) is 15.9 Å². The highest BCUT2D eigenvalue weighted by atomic mass is 16.5. The third-order valence-electron chi connectivity index (χ3n) is 4.45. The van der Waals surface area contributed by atoms with Crippen LogP contribution in [0.3, 0.4) is 0 Å². The average molecular weight is 402 g/mol. The molecule has 1 heterocycles. The molecule has 0 saturated heterocycles. The van der Waals surface area contributed by atoms with Gasteiger partial charge in [-0.3, -0.25) is 4.79 Å². The number of ether oxygens (including phenoxy) is 3. The number of aryl methyl sites for hydroxylation is 1. The van der Waals surface area contributed by atoms with Crippen LogP contribution >= 0.6 is 0 Å². The molecule has 4 aromatic rings. The SMILES string of the molecule is COc1cccc(Oc2coc3cc(OC(=O)c4cccc(C)c4)ccc3c2=O)c1. The minimum absolute atomic E-state index is 0.0419. The highest BCUT2D eigenvalue weighted by Crippen LogP contribution is 2.26. The Morgan fingerprint density at radius 1 is 0.900 bits per heavy atom. The molecule has 6 heteroatoms. The van der Waals surface area contributed by atoms with Crippen molar-refractivity contribution in [3.05, 3.63) is 94.3 Å². The van der Waals surface area contributed by atoms with Gasteiger partial charge in [-0.15, -0.1) is 0 Å². The lowest BCUT2D eigenvalue weighted by Crippen LogP contribution is -2.09. The third kappa shape index (κ3) is 4.03. The first-order chi connectivity index (χ1) is 14.5. The number of hydrogen-bond donors (Lipinski definition) is 0. The van der Waals surface area contributed by atoms with Gasteiger partial charge in [-0.25, -0.2) is 4.79 Å². The van der Waals surface area contributed by atoms with Crippen molar-refractivity contribution in [1.82, 2.24) is 0 Å². The van der Waals surface area contributed by atoms with Crippen LogP contribution in [0.25, 0.3) is 11.0 Å². The van der Waals surface area contributed by atoms with Crippen molar-refractivity contribution in [3.63, 3.8) is 0 Å². The number of carbonyl (C=O) groups excluding carboxylic acids is 1. The average Bonchev–Trinajstić information content (AvgIpc) is 2.76. The van der Waals surface area contributed by atoms with Crippen molar-refractivity contribution in [3.8, 4) is 23.0 Å². The molecule has 6 nitrogen and oxygen atoms in total. The minimum Gasteiger partial charge on any atom is -0.497 e. The molecule has 0 aliphatic heterocycles. The van der Waals surface area contributed by atoms with E-state index in [1.807, 2.05) is 13.0 Å². The largest absolute Gasteiger partial charge is 0.497 e. The summed E-state index contributed by atoms with van der Waals surface area (Å²) in [6, 6.07) is 18.6. The number of hydrogen-bond acceptors (Lipinski definition) is 6. The maximum Gasteiger partial charge on any atom is 0.343 e. The van der Waals surface area contributed by atoms with Gasteiger partial charge in [0.1, 0.15) is 29.1 Å². The van der Waals surface area contributed by atoms with Crippen LogP contribution in [-0.4, -0.2) is 13.1 Å². The van der Waals surface area contributed by atoms with Gasteiger partial charge in [0.05, 0.1) is 18.1 Å². The lowest BCUT2D eigenvalue weighted by Gasteiger charge is -2.08. The molecular weight excluding hydrogens is 384 g/mol. The number of fused-ring (bicyclic) bond motifs is 1. The molecule has 4 rings (SSSR count). The Labute approximate surface area is 172 Å². The Morgan fingerprint density at radius 3 is 2.50 bits per heavy atom. The van der Waals surface area contributed by atoms with E-state index in [-0.39, 0.29) is 22.5 Å². The number of esters is 1. The van der Waals surface area contributed by atoms with Crippen LogP contribution in [-0.2, 0) is 0 Å². The summed E-state index contributed by atoms with van der Waals surface area (Å²) < 4.78 is 21.8. The number of benzene rings is 3.